The first-order valence-corrected chi connectivity index (χ1v) is 11.7. The van der Waals surface area contributed by atoms with E-state index in [0.717, 1.165) is 34.5 Å². The number of likely N-dealkylation sites (N-methyl/N-ethyl adjacent to an activating group) is 1. The second kappa shape index (κ2) is 8.11. The van der Waals surface area contributed by atoms with Crippen molar-refractivity contribution in [3.8, 4) is 0 Å². The van der Waals surface area contributed by atoms with Crippen molar-refractivity contribution in [2.75, 3.05) is 32.9 Å². The van der Waals surface area contributed by atoms with E-state index in [1.165, 1.54) is 5.56 Å². The van der Waals surface area contributed by atoms with Crippen molar-refractivity contribution in [2.45, 2.75) is 49.7 Å². The number of nitro benzene ring substituents is 1. The largest absolute Gasteiger partial charge is 0.349 e. The summed E-state index contributed by atoms with van der Waals surface area (Å²) in [6.45, 7) is 5.99. The number of hydrogen-bond acceptors (Lipinski definition) is 5. The van der Waals surface area contributed by atoms with E-state index in [4.69, 9.17) is 0 Å². The molecule has 1 fully saturated rings. The normalized spacial score (nSPS) is 23.3. The SMILES string of the molecule is CCN(CC)C(=O)N[C@H]1C[C@@H]2c3c([N+](=O)[O-])ccc4[nH]c(SC)c(c34)C[C@H]2N(C)C1. The number of fused-ring (bicyclic) bond motifs is 2. The van der Waals surface area contributed by atoms with Gasteiger partial charge in [-0.2, -0.15) is 0 Å². The minimum Gasteiger partial charge on any atom is -0.349 e. The third-order valence-corrected chi connectivity index (χ3v) is 7.44. The number of benzene rings is 1. The van der Waals surface area contributed by atoms with Crippen molar-refractivity contribution in [3.05, 3.63) is 33.4 Å². The minimum absolute atomic E-state index is 0.00728. The van der Waals surface area contributed by atoms with Crippen LogP contribution < -0.4 is 5.32 Å². The van der Waals surface area contributed by atoms with E-state index in [2.05, 4.69) is 22.2 Å². The van der Waals surface area contributed by atoms with Gasteiger partial charge in [-0.1, -0.05) is 0 Å². The quantitative estimate of drug-likeness (QED) is 0.429. The van der Waals surface area contributed by atoms with Crippen LogP contribution in [0.25, 0.3) is 10.9 Å². The lowest BCUT2D eigenvalue weighted by Crippen LogP contribution is -2.56. The second-order valence-corrected chi connectivity index (χ2v) is 9.00. The number of carbonyl (C=O) groups excluding carboxylic acids is 1. The van der Waals surface area contributed by atoms with Crippen molar-refractivity contribution < 1.29 is 9.72 Å². The highest BCUT2D eigenvalue weighted by molar-refractivity contribution is 7.98. The Morgan fingerprint density at radius 2 is 2.13 bits per heavy atom. The lowest BCUT2D eigenvalue weighted by molar-refractivity contribution is -0.385. The zero-order valence-electron chi connectivity index (χ0n) is 17.9. The van der Waals surface area contributed by atoms with Gasteiger partial charge in [-0.05, 0) is 51.6 Å². The Kier molecular flexibility index (Phi) is 5.67. The number of thioether (sulfide) groups is 1. The van der Waals surface area contributed by atoms with E-state index in [1.54, 1.807) is 22.7 Å². The third kappa shape index (κ3) is 3.33. The smallest absolute Gasteiger partial charge is 0.317 e. The summed E-state index contributed by atoms with van der Waals surface area (Å²) in [4.78, 5) is 31.8. The molecule has 1 aromatic carbocycles. The average Bonchev–Trinajstić information content (AvgIpc) is 3.08. The van der Waals surface area contributed by atoms with Crippen molar-refractivity contribution >= 4 is 34.4 Å². The minimum atomic E-state index is -0.259. The zero-order chi connectivity index (χ0) is 21.6. The van der Waals surface area contributed by atoms with Crippen LogP contribution in [0.1, 0.15) is 37.3 Å². The summed E-state index contributed by atoms with van der Waals surface area (Å²) in [6, 6.07) is 3.53. The number of piperidine rings is 1. The van der Waals surface area contributed by atoms with Crippen LogP contribution in [0.4, 0.5) is 10.5 Å². The molecule has 4 rings (SSSR count). The summed E-state index contributed by atoms with van der Waals surface area (Å²) >= 11 is 1.65. The van der Waals surface area contributed by atoms with Gasteiger partial charge >= 0.3 is 6.03 Å². The van der Waals surface area contributed by atoms with Crippen LogP contribution in [0.2, 0.25) is 0 Å². The molecule has 2 N–H and O–H groups in total. The lowest BCUT2D eigenvalue weighted by atomic mass is 9.73. The Hall–Kier alpha value is -2.26. The van der Waals surface area contributed by atoms with Gasteiger partial charge in [0.2, 0.25) is 0 Å². The van der Waals surface area contributed by atoms with Crippen molar-refractivity contribution in [2.24, 2.45) is 0 Å². The van der Waals surface area contributed by atoms with Gasteiger partial charge in [-0.3, -0.25) is 10.1 Å². The highest BCUT2D eigenvalue weighted by Crippen LogP contribution is 2.49. The molecule has 0 saturated carbocycles. The van der Waals surface area contributed by atoms with Crippen LogP contribution in [-0.2, 0) is 6.42 Å². The predicted octanol–water partition coefficient (Wildman–Crippen LogP) is 3.56. The average molecular weight is 432 g/mol. The topological polar surface area (TPSA) is 94.5 Å². The molecule has 30 heavy (non-hydrogen) atoms. The van der Waals surface area contributed by atoms with Gasteiger partial charge in [0.15, 0.2) is 0 Å². The van der Waals surface area contributed by atoms with Gasteiger partial charge in [0.25, 0.3) is 5.69 Å². The molecule has 0 radical (unpaired) electrons. The summed E-state index contributed by atoms with van der Waals surface area (Å²) in [5.41, 5.74) is 3.17. The summed E-state index contributed by atoms with van der Waals surface area (Å²) in [7, 11) is 2.07. The molecular weight excluding hydrogens is 402 g/mol. The maximum atomic E-state index is 12.6. The molecule has 9 heteroatoms. The molecule has 1 aliphatic heterocycles. The van der Waals surface area contributed by atoms with Crippen molar-refractivity contribution in [1.29, 1.82) is 0 Å². The summed E-state index contributed by atoms with van der Waals surface area (Å²) in [5.74, 6) is 0.00728. The number of amides is 2. The lowest BCUT2D eigenvalue weighted by Gasteiger charge is -2.45. The highest BCUT2D eigenvalue weighted by atomic mass is 32.2. The summed E-state index contributed by atoms with van der Waals surface area (Å²) in [5, 5.41) is 17.2. The number of aromatic nitrogens is 1. The van der Waals surface area contributed by atoms with Crippen LogP contribution in [0.5, 0.6) is 0 Å². The van der Waals surface area contributed by atoms with E-state index in [0.29, 0.717) is 19.5 Å². The molecule has 2 aliphatic rings. The molecule has 1 aromatic heterocycles. The number of hydrogen-bond donors (Lipinski definition) is 2. The standard InChI is InChI=1S/C21H29N5O3S/c1-5-25(6-2)21(27)22-12-9-13-17(24(3)11-12)10-14-18-15(23-20(14)30-4)7-8-16(19(13)18)26(28)29/h7-8,12-13,17,23H,5-6,9-11H2,1-4H3,(H,22,27)/t12-,13-,17+/m0/s1. The van der Waals surface area contributed by atoms with E-state index < -0.39 is 0 Å². The molecule has 2 heterocycles. The molecule has 0 spiro atoms. The zero-order valence-corrected chi connectivity index (χ0v) is 18.7. The Morgan fingerprint density at radius 3 is 2.77 bits per heavy atom. The first-order chi connectivity index (χ1) is 14.4. The molecule has 2 amide bonds. The van der Waals surface area contributed by atoms with Crippen LogP contribution in [0.3, 0.4) is 0 Å². The first kappa shape index (κ1) is 21.0. The molecule has 162 valence electrons. The molecule has 0 unspecified atom stereocenters. The van der Waals surface area contributed by atoms with Gasteiger partial charge in [0.1, 0.15) is 0 Å². The Balaban J connectivity index is 1.75. The molecule has 8 nitrogen and oxygen atoms in total. The number of nitrogens with zero attached hydrogens (tertiary/aromatic N) is 3. The van der Waals surface area contributed by atoms with Crippen LogP contribution in [-0.4, -0.2) is 70.8 Å². The fraction of sp³-hybridized carbons (Fsp3) is 0.571. The number of rotatable bonds is 5. The van der Waals surface area contributed by atoms with E-state index in [1.807, 2.05) is 26.2 Å². The maximum absolute atomic E-state index is 12.6. The van der Waals surface area contributed by atoms with Gasteiger partial charge < -0.3 is 20.1 Å². The van der Waals surface area contributed by atoms with E-state index in [9.17, 15) is 14.9 Å². The fourth-order valence-electron chi connectivity index (χ4n) is 5.28. The maximum Gasteiger partial charge on any atom is 0.317 e. The number of aromatic amines is 1. The Labute approximate surface area is 180 Å². The van der Waals surface area contributed by atoms with E-state index >= 15 is 0 Å². The molecular formula is C21H29N5O3S. The van der Waals surface area contributed by atoms with Crippen LogP contribution >= 0.6 is 11.8 Å². The first-order valence-electron chi connectivity index (χ1n) is 10.5. The number of urea groups is 1. The highest BCUT2D eigenvalue weighted by Gasteiger charge is 2.44. The molecule has 2 aromatic rings. The fourth-order valence-corrected chi connectivity index (χ4v) is 5.92. The van der Waals surface area contributed by atoms with Crippen molar-refractivity contribution in [3.63, 3.8) is 0 Å². The molecule has 1 saturated heterocycles. The van der Waals surface area contributed by atoms with Crippen LogP contribution in [0, 0.1) is 10.1 Å². The monoisotopic (exact) mass is 431 g/mol. The number of likely N-dealkylation sites (tertiary alicyclic amines) is 1. The number of nitrogens with one attached hydrogen (secondary N) is 2. The predicted molar refractivity (Wildman–Crippen MR) is 119 cm³/mol. The summed E-state index contributed by atoms with van der Waals surface area (Å²) in [6.07, 6.45) is 3.61. The van der Waals surface area contributed by atoms with E-state index in [-0.39, 0.29) is 34.6 Å². The molecule has 1 aliphatic carbocycles. The number of H-pyrrole nitrogens is 1. The molecule has 3 atom stereocenters. The number of carbonyl (C=O) groups is 1. The Bertz CT molecular complexity index is 987. The van der Waals surface area contributed by atoms with Gasteiger partial charge in [0.05, 0.1) is 9.95 Å². The van der Waals surface area contributed by atoms with Gasteiger partial charge in [0, 0.05) is 60.2 Å². The van der Waals surface area contributed by atoms with Gasteiger partial charge in [-0.25, -0.2) is 4.79 Å². The summed E-state index contributed by atoms with van der Waals surface area (Å²) < 4.78 is 0. The van der Waals surface area contributed by atoms with Gasteiger partial charge in [-0.15, -0.1) is 11.8 Å². The third-order valence-electron chi connectivity index (χ3n) is 6.69. The van der Waals surface area contributed by atoms with Crippen molar-refractivity contribution in [1.82, 2.24) is 20.1 Å². The number of nitro groups is 1. The molecule has 0 bridgehead atoms. The van der Waals surface area contributed by atoms with Crippen LogP contribution in [0.15, 0.2) is 17.2 Å². The Morgan fingerprint density at radius 1 is 1.40 bits per heavy atom. The second-order valence-electron chi connectivity index (χ2n) is 8.19.